The fourth-order valence-electron chi connectivity index (χ4n) is 2.12. The number of urea groups is 1. The Morgan fingerprint density at radius 3 is 2.38 bits per heavy atom. The molecular formula is C13H23N3O5. The third kappa shape index (κ3) is 4.89. The van der Waals surface area contributed by atoms with Gasteiger partial charge in [0.15, 0.2) is 0 Å². The van der Waals surface area contributed by atoms with Crippen molar-refractivity contribution in [1.29, 1.82) is 0 Å². The number of hydrogen-bond acceptors (Lipinski definition) is 4. The lowest BCUT2D eigenvalue weighted by molar-refractivity contribution is -0.154. The Morgan fingerprint density at radius 2 is 1.86 bits per heavy atom. The van der Waals surface area contributed by atoms with Gasteiger partial charge in [0.1, 0.15) is 6.04 Å². The summed E-state index contributed by atoms with van der Waals surface area (Å²) in [5.41, 5.74) is -0.996. The fourth-order valence-corrected chi connectivity index (χ4v) is 2.12. The summed E-state index contributed by atoms with van der Waals surface area (Å²) in [5, 5.41) is 17.0. The summed E-state index contributed by atoms with van der Waals surface area (Å²) in [5.74, 6) is -1.23. The number of amides is 3. The van der Waals surface area contributed by atoms with Gasteiger partial charge >= 0.3 is 12.0 Å². The van der Waals surface area contributed by atoms with Gasteiger partial charge in [-0.2, -0.15) is 0 Å². The predicted molar refractivity (Wildman–Crippen MR) is 74.8 cm³/mol. The molecule has 0 aromatic rings. The Balaban J connectivity index is 2.47. The molecule has 1 saturated heterocycles. The van der Waals surface area contributed by atoms with Crippen LogP contribution in [0, 0.1) is 5.41 Å². The Hall–Kier alpha value is -1.83. The molecular weight excluding hydrogens is 278 g/mol. The van der Waals surface area contributed by atoms with E-state index >= 15 is 0 Å². The highest BCUT2D eigenvalue weighted by atomic mass is 16.5. The van der Waals surface area contributed by atoms with Crippen LogP contribution < -0.4 is 16.0 Å². The molecule has 1 aliphatic heterocycles. The monoisotopic (exact) mass is 301 g/mol. The molecule has 21 heavy (non-hydrogen) atoms. The SMILES string of the molecule is CCNC(=O)C(C)NC(=O)NCC1(C(=O)O)CCOCC1. The van der Waals surface area contributed by atoms with Gasteiger partial charge in [0.25, 0.3) is 0 Å². The number of nitrogens with one attached hydrogen (secondary N) is 3. The first-order valence-electron chi connectivity index (χ1n) is 7.04. The highest BCUT2D eigenvalue weighted by Gasteiger charge is 2.40. The minimum atomic E-state index is -0.996. The summed E-state index contributed by atoms with van der Waals surface area (Å²) in [4.78, 5) is 34.6. The summed E-state index contributed by atoms with van der Waals surface area (Å²) in [6.07, 6.45) is 0.711. The largest absolute Gasteiger partial charge is 0.481 e. The zero-order chi connectivity index (χ0) is 15.9. The molecule has 1 unspecified atom stereocenters. The summed E-state index contributed by atoms with van der Waals surface area (Å²) in [6, 6.07) is -1.23. The second-order valence-corrected chi connectivity index (χ2v) is 5.14. The van der Waals surface area contributed by atoms with Gasteiger partial charge in [-0.25, -0.2) is 4.79 Å². The number of carbonyl (C=O) groups excluding carboxylic acids is 2. The standard InChI is InChI=1S/C13H23N3O5/c1-3-14-10(17)9(2)16-12(20)15-8-13(11(18)19)4-6-21-7-5-13/h9H,3-8H2,1-2H3,(H,14,17)(H,18,19)(H2,15,16,20). The first kappa shape index (κ1) is 17.2. The average molecular weight is 301 g/mol. The first-order chi connectivity index (χ1) is 9.91. The van der Waals surface area contributed by atoms with Crippen molar-refractivity contribution in [3.05, 3.63) is 0 Å². The molecule has 0 saturated carbocycles. The van der Waals surface area contributed by atoms with Crippen molar-refractivity contribution in [1.82, 2.24) is 16.0 Å². The molecule has 4 N–H and O–H groups in total. The third-order valence-corrected chi connectivity index (χ3v) is 3.58. The minimum absolute atomic E-state index is 0.0135. The molecule has 1 heterocycles. The number of carboxylic acids is 1. The van der Waals surface area contributed by atoms with E-state index in [0.717, 1.165) is 0 Å². The van der Waals surface area contributed by atoms with Crippen LogP contribution in [0.4, 0.5) is 4.79 Å². The zero-order valence-electron chi connectivity index (χ0n) is 12.4. The van der Waals surface area contributed by atoms with Crippen molar-refractivity contribution in [3.63, 3.8) is 0 Å². The number of likely N-dealkylation sites (N-methyl/N-ethyl adjacent to an activating group) is 1. The Kier molecular flexibility index (Phi) is 6.41. The minimum Gasteiger partial charge on any atom is -0.481 e. The molecule has 1 fully saturated rings. The summed E-state index contributed by atoms with van der Waals surface area (Å²) < 4.78 is 5.16. The van der Waals surface area contributed by atoms with Crippen molar-refractivity contribution in [3.8, 4) is 0 Å². The van der Waals surface area contributed by atoms with Crippen LogP contribution in [0.25, 0.3) is 0 Å². The third-order valence-electron chi connectivity index (χ3n) is 3.58. The van der Waals surface area contributed by atoms with Crippen molar-refractivity contribution >= 4 is 17.9 Å². The number of carbonyl (C=O) groups is 3. The molecule has 8 nitrogen and oxygen atoms in total. The van der Waals surface area contributed by atoms with Gasteiger partial charge in [-0.05, 0) is 26.7 Å². The van der Waals surface area contributed by atoms with E-state index in [9.17, 15) is 19.5 Å². The Morgan fingerprint density at radius 1 is 1.24 bits per heavy atom. The van der Waals surface area contributed by atoms with Crippen LogP contribution in [0.5, 0.6) is 0 Å². The molecule has 8 heteroatoms. The lowest BCUT2D eigenvalue weighted by Gasteiger charge is -2.33. The van der Waals surface area contributed by atoms with Gasteiger partial charge in [0, 0.05) is 26.3 Å². The number of hydrogen-bond donors (Lipinski definition) is 4. The van der Waals surface area contributed by atoms with E-state index in [1.807, 2.05) is 0 Å². The van der Waals surface area contributed by atoms with E-state index in [2.05, 4.69) is 16.0 Å². The van der Waals surface area contributed by atoms with Crippen molar-refractivity contribution in [2.45, 2.75) is 32.7 Å². The highest BCUT2D eigenvalue weighted by Crippen LogP contribution is 2.29. The van der Waals surface area contributed by atoms with E-state index in [4.69, 9.17) is 4.74 Å². The molecule has 1 aliphatic rings. The predicted octanol–water partition coefficient (Wildman–Crippen LogP) is -0.308. The van der Waals surface area contributed by atoms with Gasteiger partial charge in [0.05, 0.1) is 5.41 Å². The average Bonchev–Trinajstić information content (AvgIpc) is 2.46. The summed E-state index contributed by atoms with van der Waals surface area (Å²) >= 11 is 0. The highest BCUT2D eigenvalue weighted by molar-refractivity contribution is 5.86. The molecule has 0 aromatic heterocycles. The second-order valence-electron chi connectivity index (χ2n) is 5.14. The maximum absolute atomic E-state index is 11.7. The molecule has 0 bridgehead atoms. The van der Waals surface area contributed by atoms with Crippen molar-refractivity contribution < 1.29 is 24.2 Å². The second kappa shape index (κ2) is 7.82. The topological polar surface area (TPSA) is 117 Å². The molecule has 0 aromatic carbocycles. The van der Waals surface area contributed by atoms with Crippen LogP contribution in [0.1, 0.15) is 26.7 Å². The van der Waals surface area contributed by atoms with Gasteiger partial charge in [-0.3, -0.25) is 9.59 Å². The van der Waals surface area contributed by atoms with E-state index < -0.39 is 23.5 Å². The molecule has 120 valence electrons. The lowest BCUT2D eigenvalue weighted by Crippen LogP contribution is -2.52. The van der Waals surface area contributed by atoms with Gasteiger partial charge in [-0.1, -0.05) is 0 Å². The van der Waals surface area contributed by atoms with Gasteiger partial charge < -0.3 is 25.8 Å². The van der Waals surface area contributed by atoms with Crippen LogP contribution in [-0.4, -0.2) is 55.4 Å². The molecule has 3 amide bonds. The number of aliphatic carboxylic acids is 1. The van der Waals surface area contributed by atoms with Gasteiger partial charge in [-0.15, -0.1) is 0 Å². The quantitative estimate of drug-likeness (QED) is 0.537. The Bertz CT molecular complexity index is 393. The van der Waals surface area contributed by atoms with Crippen LogP contribution in [0.15, 0.2) is 0 Å². The smallest absolute Gasteiger partial charge is 0.315 e. The lowest BCUT2D eigenvalue weighted by atomic mass is 9.80. The van der Waals surface area contributed by atoms with E-state index in [0.29, 0.717) is 32.6 Å². The maximum atomic E-state index is 11.7. The summed E-state index contributed by atoms with van der Waals surface area (Å²) in [6.45, 7) is 4.57. The molecule has 1 rings (SSSR count). The van der Waals surface area contributed by atoms with E-state index in [1.165, 1.54) is 0 Å². The van der Waals surface area contributed by atoms with E-state index in [-0.39, 0.29) is 12.5 Å². The van der Waals surface area contributed by atoms with Gasteiger partial charge in [0.2, 0.25) is 5.91 Å². The van der Waals surface area contributed by atoms with Crippen LogP contribution in [0.3, 0.4) is 0 Å². The number of rotatable bonds is 6. The number of carboxylic acid groups (broad SMARTS) is 1. The van der Waals surface area contributed by atoms with Crippen LogP contribution in [-0.2, 0) is 14.3 Å². The number of ether oxygens (including phenoxy) is 1. The zero-order valence-corrected chi connectivity index (χ0v) is 12.4. The summed E-state index contributed by atoms with van der Waals surface area (Å²) in [7, 11) is 0. The molecule has 0 spiro atoms. The van der Waals surface area contributed by atoms with Crippen molar-refractivity contribution in [2.24, 2.45) is 5.41 Å². The van der Waals surface area contributed by atoms with Crippen LogP contribution >= 0.6 is 0 Å². The molecule has 0 radical (unpaired) electrons. The fraction of sp³-hybridized carbons (Fsp3) is 0.769. The van der Waals surface area contributed by atoms with Crippen LogP contribution in [0.2, 0.25) is 0 Å². The Labute approximate surface area is 123 Å². The normalized spacial score (nSPS) is 18.4. The molecule has 1 atom stereocenters. The molecule has 0 aliphatic carbocycles. The maximum Gasteiger partial charge on any atom is 0.315 e. The van der Waals surface area contributed by atoms with Crippen molar-refractivity contribution in [2.75, 3.05) is 26.3 Å². The van der Waals surface area contributed by atoms with E-state index in [1.54, 1.807) is 13.8 Å². The first-order valence-corrected chi connectivity index (χ1v) is 7.04.